The van der Waals surface area contributed by atoms with E-state index in [1.165, 1.54) is 24.2 Å². The maximum atomic E-state index is 12.5. The molecule has 8 heteroatoms. The third kappa shape index (κ3) is 3.42. The van der Waals surface area contributed by atoms with Crippen molar-refractivity contribution in [2.75, 3.05) is 19.6 Å². The second kappa shape index (κ2) is 6.59. The lowest BCUT2D eigenvalue weighted by molar-refractivity contribution is 0.415. The lowest BCUT2D eigenvalue weighted by Gasteiger charge is -2.15. The number of rotatable bonds is 7. The number of nitrogens with zero attached hydrogens (tertiary/aromatic N) is 2. The summed E-state index contributed by atoms with van der Waals surface area (Å²) in [6.07, 6.45) is 5.05. The van der Waals surface area contributed by atoms with Crippen LogP contribution >= 0.6 is 11.3 Å². The molecule has 1 saturated heterocycles. The first-order valence-corrected chi connectivity index (χ1v) is 10.6. The van der Waals surface area contributed by atoms with Gasteiger partial charge in [-0.25, -0.2) is 13.4 Å². The van der Waals surface area contributed by atoms with Crippen LogP contribution in [0.3, 0.4) is 0 Å². The predicted octanol–water partition coefficient (Wildman–Crippen LogP) is 2.41. The Bertz CT molecular complexity index is 781. The molecule has 4 rings (SSSR count). The highest BCUT2D eigenvalue weighted by Gasteiger charge is 2.33. The molecule has 2 aromatic rings. The van der Waals surface area contributed by atoms with Crippen LogP contribution in [0.25, 0.3) is 0 Å². The van der Waals surface area contributed by atoms with Gasteiger partial charge in [-0.3, -0.25) is 0 Å². The highest BCUT2D eigenvalue weighted by Crippen LogP contribution is 2.39. The zero-order valence-electron chi connectivity index (χ0n) is 13.3. The summed E-state index contributed by atoms with van der Waals surface area (Å²) in [4.78, 5) is 4.31. The van der Waals surface area contributed by atoms with Crippen LogP contribution in [0.2, 0.25) is 0 Å². The van der Waals surface area contributed by atoms with E-state index in [-0.39, 0.29) is 0 Å². The molecule has 1 aliphatic heterocycles. The van der Waals surface area contributed by atoms with Gasteiger partial charge in [0.2, 0.25) is 0 Å². The first-order valence-electron chi connectivity index (χ1n) is 8.32. The van der Waals surface area contributed by atoms with Gasteiger partial charge in [0.25, 0.3) is 10.0 Å². The molecule has 6 nitrogen and oxygen atoms in total. The lowest BCUT2D eigenvalue weighted by Crippen LogP contribution is -2.30. The molecule has 2 aromatic heterocycles. The van der Waals surface area contributed by atoms with Gasteiger partial charge in [0, 0.05) is 19.0 Å². The summed E-state index contributed by atoms with van der Waals surface area (Å²) in [5, 5.41) is 5.17. The Morgan fingerprint density at radius 2 is 2.25 bits per heavy atom. The van der Waals surface area contributed by atoms with E-state index < -0.39 is 10.0 Å². The van der Waals surface area contributed by atoms with E-state index in [4.69, 9.17) is 4.42 Å². The maximum absolute atomic E-state index is 12.5. The number of oxazole rings is 1. The van der Waals surface area contributed by atoms with Gasteiger partial charge in [0.15, 0.2) is 5.89 Å². The molecule has 0 bridgehead atoms. The number of hydrogen-bond acceptors (Lipinski definition) is 6. The molecule has 24 heavy (non-hydrogen) atoms. The van der Waals surface area contributed by atoms with Crippen LogP contribution < -0.4 is 5.32 Å². The molecule has 0 radical (unpaired) electrons. The van der Waals surface area contributed by atoms with Crippen molar-refractivity contribution >= 4 is 21.4 Å². The van der Waals surface area contributed by atoms with E-state index in [9.17, 15) is 8.42 Å². The van der Waals surface area contributed by atoms with Crippen molar-refractivity contribution in [2.24, 2.45) is 5.92 Å². The minimum Gasteiger partial charge on any atom is -0.444 e. The first-order chi connectivity index (χ1) is 11.6. The molecule has 1 unspecified atom stereocenters. The molecule has 0 spiro atoms. The van der Waals surface area contributed by atoms with Crippen LogP contribution in [-0.2, 0) is 16.6 Å². The predicted molar refractivity (Wildman–Crippen MR) is 91.4 cm³/mol. The Morgan fingerprint density at radius 3 is 3.00 bits per heavy atom. The second-order valence-electron chi connectivity index (χ2n) is 6.52. The largest absolute Gasteiger partial charge is 0.444 e. The molecule has 1 saturated carbocycles. The quantitative estimate of drug-likeness (QED) is 0.813. The van der Waals surface area contributed by atoms with Crippen LogP contribution in [0.1, 0.15) is 36.8 Å². The normalized spacial score (nSPS) is 22.2. The molecule has 1 aliphatic carbocycles. The van der Waals surface area contributed by atoms with E-state index >= 15 is 0 Å². The van der Waals surface area contributed by atoms with Crippen LogP contribution in [0.5, 0.6) is 0 Å². The maximum Gasteiger partial charge on any atom is 0.252 e. The van der Waals surface area contributed by atoms with Crippen molar-refractivity contribution in [1.82, 2.24) is 14.6 Å². The molecular weight excluding hydrogens is 346 g/mol. The number of hydrogen-bond donors (Lipinski definition) is 1. The number of aromatic nitrogens is 1. The summed E-state index contributed by atoms with van der Waals surface area (Å²) in [5.74, 6) is 2.59. The average molecular weight is 367 g/mol. The molecule has 3 heterocycles. The van der Waals surface area contributed by atoms with Gasteiger partial charge in [0.05, 0.1) is 12.7 Å². The van der Waals surface area contributed by atoms with Gasteiger partial charge in [-0.2, -0.15) is 4.31 Å². The highest BCUT2D eigenvalue weighted by atomic mass is 32.2. The van der Waals surface area contributed by atoms with Gasteiger partial charge in [-0.05, 0) is 43.2 Å². The third-order valence-corrected chi connectivity index (χ3v) is 7.81. The van der Waals surface area contributed by atoms with Gasteiger partial charge in [-0.1, -0.05) is 6.07 Å². The first kappa shape index (κ1) is 16.3. The SMILES string of the molecule is O=S(=O)(c1cccs1)N1CCC(CNCc2cnc(C3CC3)o2)C1. The van der Waals surface area contributed by atoms with E-state index in [0.29, 0.717) is 35.7 Å². The second-order valence-corrected chi connectivity index (χ2v) is 9.63. The Hall–Kier alpha value is -1.22. The zero-order valence-corrected chi connectivity index (χ0v) is 15.0. The summed E-state index contributed by atoms with van der Waals surface area (Å²) in [6.45, 7) is 2.61. The van der Waals surface area contributed by atoms with Crippen molar-refractivity contribution in [2.45, 2.75) is 35.9 Å². The van der Waals surface area contributed by atoms with Crippen LogP contribution in [0.15, 0.2) is 32.3 Å². The number of nitrogens with one attached hydrogen (secondary N) is 1. The Kier molecular flexibility index (Phi) is 4.46. The topological polar surface area (TPSA) is 75.4 Å². The van der Waals surface area contributed by atoms with Crippen LogP contribution in [-0.4, -0.2) is 37.3 Å². The summed E-state index contributed by atoms with van der Waals surface area (Å²) >= 11 is 1.28. The summed E-state index contributed by atoms with van der Waals surface area (Å²) in [5.41, 5.74) is 0. The fraction of sp³-hybridized carbons (Fsp3) is 0.562. The molecule has 2 aliphatic rings. The van der Waals surface area contributed by atoms with E-state index in [1.807, 2.05) is 0 Å². The Labute approximate surface area is 145 Å². The van der Waals surface area contributed by atoms with Crippen molar-refractivity contribution in [3.8, 4) is 0 Å². The Morgan fingerprint density at radius 1 is 1.38 bits per heavy atom. The smallest absolute Gasteiger partial charge is 0.252 e. The average Bonchev–Trinajstić information content (AvgIpc) is 3.04. The van der Waals surface area contributed by atoms with E-state index in [2.05, 4.69) is 10.3 Å². The van der Waals surface area contributed by atoms with Gasteiger partial charge in [0.1, 0.15) is 9.97 Å². The van der Waals surface area contributed by atoms with Crippen molar-refractivity contribution in [3.05, 3.63) is 35.4 Å². The zero-order chi connectivity index (χ0) is 16.6. The standard InChI is InChI=1S/C16H21N3O3S2/c20-24(21,15-2-1-7-23-15)19-6-5-12(11-19)8-17-9-14-10-18-16(22-14)13-3-4-13/h1-2,7,10,12-13,17H,3-6,8-9,11H2. The minimum atomic E-state index is -3.31. The summed E-state index contributed by atoms with van der Waals surface area (Å²) in [7, 11) is -3.31. The van der Waals surface area contributed by atoms with Gasteiger partial charge < -0.3 is 9.73 Å². The molecule has 2 fully saturated rings. The Balaban J connectivity index is 1.26. The molecule has 0 amide bonds. The van der Waals surface area contributed by atoms with Crippen LogP contribution in [0, 0.1) is 5.92 Å². The molecule has 1 atom stereocenters. The fourth-order valence-electron chi connectivity index (χ4n) is 3.04. The summed E-state index contributed by atoms with van der Waals surface area (Å²) in [6, 6.07) is 3.45. The van der Waals surface area contributed by atoms with E-state index in [1.54, 1.807) is 28.0 Å². The number of sulfonamides is 1. The molecule has 130 valence electrons. The fourth-order valence-corrected chi connectivity index (χ4v) is 5.72. The highest BCUT2D eigenvalue weighted by molar-refractivity contribution is 7.91. The molecular formula is C16H21N3O3S2. The monoisotopic (exact) mass is 367 g/mol. The third-order valence-electron chi connectivity index (χ3n) is 4.57. The van der Waals surface area contributed by atoms with Gasteiger partial charge in [-0.15, -0.1) is 11.3 Å². The summed E-state index contributed by atoms with van der Waals surface area (Å²) < 4.78 is 32.8. The van der Waals surface area contributed by atoms with Crippen molar-refractivity contribution in [1.29, 1.82) is 0 Å². The van der Waals surface area contributed by atoms with Crippen molar-refractivity contribution in [3.63, 3.8) is 0 Å². The van der Waals surface area contributed by atoms with Crippen molar-refractivity contribution < 1.29 is 12.8 Å². The lowest BCUT2D eigenvalue weighted by atomic mass is 10.1. The molecule has 0 aromatic carbocycles. The van der Waals surface area contributed by atoms with Gasteiger partial charge >= 0.3 is 0 Å². The minimum absolute atomic E-state index is 0.338. The number of thiophene rings is 1. The van der Waals surface area contributed by atoms with E-state index in [0.717, 1.165) is 24.6 Å². The molecule has 1 N–H and O–H groups in total. The van der Waals surface area contributed by atoms with Crippen LogP contribution in [0.4, 0.5) is 0 Å².